The number of aryl methyl sites for hydroxylation is 1. The van der Waals surface area contributed by atoms with Crippen LogP contribution < -0.4 is 0 Å². The van der Waals surface area contributed by atoms with Gasteiger partial charge in [-0.25, -0.2) is 9.97 Å². The van der Waals surface area contributed by atoms with Crippen LogP contribution in [0.2, 0.25) is 0 Å². The first-order valence-corrected chi connectivity index (χ1v) is 19.3. The molecule has 6 heteroatoms. The van der Waals surface area contributed by atoms with E-state index >= 15 is 0 Å². The molecule has 2 aliphatic rings. The van der Waals surface area contributed by atoms with Gasteiger partial charge in [-0.15, -0.1) is 0 Å². The van der Waals surface area contributed by atoms with Crippen molar-refractivity contribution in [1.82, 2.24) is 19.9 Å². The van der Waals surface area contributed by atoms with Crippen molar-refractivity contribution >= 4 is 58.3 Å². The lowest BCUT2D eigenvalue weighted by atomic mass is 10.0. The van der Waals surface area contributed by atoms with E-state index < -0.39 is 0 Å². The third kappa shape index (κ3) is 6.52. The van der Waals surface area contributed by atoms with Crippen molar-refractivity contribution in [3.8, 4) is 50.3 Å². The maximum atomic E-state index is 10.4. The number of phenols is 1. The Bertz CT molecular complexity index is 3060. The summed E-state index contributed by atoms with van der Waals surface area (Å²) in [7, 11) is 0. The first kappa shape index (κ1) is 34.6. The van der Waals surface area contributed by atoms with Gasteiger partial charge in [0.25, 0.3) is 0 Å². The third-order valence-corrected chi connectivity index (χ3v) is 10.6. The maximum Gasteiger partial charge on any atom is 0.124 e. The normalized spacial score (nSPS) is 12.1. The van der Waals surface area contributed by atoms with Crippen LogP contribution >= 0.6 is 0 Å². The Morgan fingerprint density at radius 3 is 1.21 bits per heavy atom. The Hall–Kier alpha value is -7.83. The Morgan fingerprint density at radius 2 is 0.828 bits per heavy atom. The number of rotatable bonds is 6. The van der Waals surface area contributed by atoms with Crippen molar-refractivity contribution < 1.29 is 5.11 Å². The van der Waals surface area contributed by atoms with Gasteiger partial charge in [0.2, 0.25) is 0 Å². The number of benzene rings is 5. The van der Waals surface area contributed by atoms with Crippen molar-refractivity contribution in [2.24, 2.45) is 4.99 Å². The molecule has 3 aromatic heterocycles. The molecule has 276 valence electrons. The summed E-state index contributed by atoms with van der Waals surface area (Å²) in [4.78, 5) is 23.1. The number of hydrogen-bond donors (Lipinski definition) is 3. The number of aromatic hydroxyl groups is 1. The van der Waals surface area contributed by atoms with Crippen molar-refractivity contribution in [2.45, 2.75) is 6.92 Å². The molecule has 10 rings (SSSR count). The summed E-state index contributed by atoms with van der Waals surface area (Å²) in [5.74, 6) is 0.208. The van der Waals surface area contributed by atoms with Crippen LogP contribution in [0, 0.1) is 6.92 Å². The first-order valence-electron chi connectivity index (χ1n) is 19.3. The molecule has 8 aromatic rings. The Labute approximate surface area is 336 Å². The highest BCUT2D eigenvalue weighted by molar-refractivity contribution is 6.00. The molecule has 6 nitrogen and oxygen atoms in total. The van der Waals surface area contributed by atoms with E-state index in [4.69, 9.17) is 15.0 Å². The lowest BCUT2D eigenvalue weighted by Gasteiger charge is -2.07. The van der Waals surface area contributed by atoms with Crippen LogP contribution in [-0.4, -0.2) is 31.3 Å². The number of hydrogen-bond acceptors (Lipinski definition) is 4. The van der Waals surface area contributed by atoms with Gasteiger partial charge in [0.15, 0.2) is 0 Å². The van der Waals surface area contributed by atoms with Gasteiger partial charge >= 0.3 is 0 Å². The van der Waals surface area contributed by atoms with Crippen molar-refractivity contribution in [2.75, 3.05) is 0 Å². The topological polar surface area (TPSA) is 90.0 Å². The van der Waals surface area contributed by atoms with E-state index in [1.807, 2.05) is 49.4 Å². The molecule has 2 aliphatic heterocycles. The fourth-order valence-corrected chi connectivity index (χ4v) is 7.86. The molecular weight excluding hydrogens is 711 g/mol. The zero-order chi connectivity index (χ0) is 39.0. The van der Waals surface area contributed by atoms with Gasteiger partial charge in [-0.3, -0.25) is 4.99 Å². The molecule has 58 heavy (non-hydrogen) atoms. The van der Waals surface area contributed by atoms with E-state index in [1.54, 1.807) is 12.3 Å². The number of aromatic amines is 2. The van der Waals surface area contributed by atoms with Gasteiger partial charge in [-0.05, 0) is 108 Å². The zero-order valence-corrected chi connectivity index (χ0v) is 31.7. The van der Waals surface area contributed by atoms with Gasteiger partial charge in [0.1, 0.15) is 5.75 Å². The van der Waals surface area contributed by atoms with Crippen LogP contribution in [0.3, 0.4) is 0 Å². The van der Waals surface area contributed by atoms with Crippen LogP contribution in [0.1, 0.15) is 33.9 Å². The van der Waals surface area contributed by atoms with Crippen LogP contribution in [0.15, 0.2) is 163 Å². The van der Waals surface area contributed by atoms with Crippen LogP contribution in [0.25, 0.3) is 90.9 Å². The molecule has 0 spiro atoms. The first-order chi connectivity index (χ1) is 28.6. The fourth-order valence-electron chi connectivity index (χ4n) is 7.86. The average Bonchev–Trinajstić information content (AvgIpc) is 4.11. The Balaban J connectivity index is 1.27. The predicted molar refractivity (Wildman–Crippen MR) is 241 cm³/mol. The molecule has 0 atom stereocenters. The van der Waals surface area contributed by atoms with Crippen LogP contribution in [0.5, 0.6) is 5.75 Å². The number of phenolic OH excluding ortho intramolecular Hbond substituents is 1. The predicted octanol–water partition coefficient (Wildman–Crippen LogP) is 13.1. The fraction of sp³-hybridized carbons (Fsp3) is 0.0192. The number of nitrogens with zero attached hydrogens (tertiary/aromatic N) is 3. The molecule has 5 aromatic carbocycles. The van der Waals surface area contributed by atoms with Crippen LogP contribution in [-0.2, 0) is 0 Å². The minimum absolute atomic E-state index is 0.208. The molecule has 0 saturated heterocycles. The summed E-state index contributed by atoms with van der Waals surface area (Å²) < 4.78 is 0. The molecule has 0 fully saturated rings. The highest BCUT2D eigenvalue weighted by Gasteiger charge is 2.19. The largest absolute Gasteiger partial charge is 0.507 e. The van der Waals surface area contributed by atoms with E-state index in [9.17, 15) is 5.11 Å². The molecule has 3 N–H and O–H groups in total. The van der Waals surface area contributed by atoms with Crippen LogP contribution in [0.4, 0.5) is 5.69 Å². The van der Waals surface area contributed by atoms with Gasteiger partial charge in [-0.2, -0.15) is 0 Å². The van der Waals surface area contributed by atoms with E-state index in [0.29, 0.717) is 5.56 Å². The van der Waals surface area contributed by atoms with Gasteiger partial charge in [0, 0.05) is 56.1 Å². The van der Waals surface area contributed by atoms with Crippen molar-refractivity contribution in [1.29, 1.82) is 0 Å². The van der Waals surface area contributed by atoms with E-state index in [2.05, 4.69) is 143 Å². The summed E-state index contributed by atoms with van der Waals surface area (Å²) in [6.45, 7) is 1.95. The summed E-state index contributed by atoms with van der Waals surface area (Å²) in [6, 6.07) is 53.6. The maximum absolute atomic E-state index is 10.4. The second-order valence-electron chi connectivity index (χ2n) is 14.5. The van der Waals surface area contributed by atoms with Gasteiger partial charge < -0.3 is 15.1 Å². The van der Waals surface area contributed by atoms with Gasteiger partial charge in [-0.1, -0.05) is 109 Å². The molecule has 8 bridgehead atoms. The third-order valence-electron chi connectivity index (χ3n) is 10.6. The summed E-state index contributed by atoms with van der Waals surface area (Å²) in [6.07, 6.45) is 10.2. The molecule has 0 amide bonds. The molecule has 0 saturated carbocycles. The quantitative estimate of drug-likeness (QED) is 0.148. The SMILES string of the molecule is Cc1ccc(C=Nc2ccc(-c3c4nc(c(-c5ccccc5)c5ccc([nH]5)c(-c5ccccc5)c5nc(c(-c6ccccc6)c6ccc3[nH]6)C=C5)C=C4)cc2)c(O)c1. The lowest BCUT2D eigenvalue weighted by Crippen LogP contribution is -1.89. The highest BCUT2D eigenvalue weighted by Crippen LogP contribution is 2.38. The van der Waals surface area contributed by atoms with Crippen molar-refractivity contribution in [3.63, 3.8) is 0 Å². The van der Waals surface area contributed by atoms with E-state index in [1.165, 1.54) is 0 Å². The van der Waals surface area contributed by atoms with Gasteiger partial charge in [0.05, 0.1) is 28.5 Å². The molecule has 0 radical (unpaired) electrons. The second kappa shape index (κ2) is 14.7. The Morgan fingerprint density at radius 1 is 0.448 bits per heavy atom. The minimum atomic E-state index is 0.208. The number of fused-ring (bicyclic) bond motifs is 8. The van der Waals surface area contributed by atoms with E-state index in [0.717, 1.165) is 101 Å². The molecular formula is C52H37N5O. The summed E-state index contributed by atoms with van der Waals surface area (Å²) in [5, 5.41) is 10.4. The molecule has 0 unspecified atom stereocenters. The lowest BCUT2D eigenvalue weighted by molar-refractivity contribution is 0.474. The highest BCUT2D eigenvalue weighted by atomic mass is 16.3. The smallest absolute Gasteiger partial charge is 0.124 e. The zero-order valence-electron chi connectivity index (χ0n) is 31.7. The number of H-pyrrole nitrogens is 2. The second-order valence-corrected chi connectivity index (χ2v) is 14.5. The monoisotopic (exact) mass is 747 g/mol. The Kier molecular flexibility index (Phi) is 8.77. The molecule has 5 heterocycles. The number of aliphatic imine (C=N–C) groups is 1. The molecule has 0 aliphatic carbocycles. The minimum Gasteiger partial charge on any atom is -0.507 e. The average molecular weight is 748 g/mol. The number of aromatic nitrogens is 4. The number of nitrogens with one attached hydrogen (secondary N) is 2. The van der Waals surface area contributed by atoms with E-state index in [-0.39, 0.29) is 5.75 Å². The standard InChI is InChI=1S/C52H37N5O/c1-33-17-18-38(48(58)31-33)32-53-39-21-19-37(20-22-39)52-46-29-27-44(56-46)50(35-13-7-3-8-14-35)42-25-23-40(54-42)49(34-11-5-2-6-12-34)41-24-26-43(55-41)51(36-15-9-4-10-16-36)45-28-30-47(52)57-45/h2-32,54,57-58H,1H3. The summed E-state index contributed by atoms with van der Waals surface area (Å²) in [5.41, 5.74) is 17.8. The summed E-state index contributed by atoms with van der Waals surface area (Å²) >= 11 is 0. The van der Waals surface area contributed by atoms with Crippen molar-refractivity contribution in [3.05, 3.63) is 192 Å².